The zero-order valence-electron chi connectivity index (χ0n) is 8.03. The molecule has 0 aromatic rings. The van der Waals surface area contributed by atoms with E-state index in [-0.39, 0.29) is 6.42 Å². The lowest BCUT2D eigenvalue weighted by Crippen LogP contribution is -2.19. The molecule has 0 amide bonds. The lowest BCUT2D eigenvalue weighted by atomic mass is 10.2. The molecule has 0 saturated heterocycles. The number of ether oxygens (including phenoxy) is 1. The van der Waals surface area contributed by atoms with Crippen molar-refractivity contribution in [2.24, 2.45) is 0 Å². The highest BCUT2D eigenvalue weighted by Gasteiger charge is 2.09. The summed E-state index contributed by atoms with van der Waals surface area (Å²) in [5.74, 6) is -0.447. The van der Waals surface area contributed by atoms with Crippen LogP contribution in [0.2, 0.25) is 0 Å². The van der Waals surface area contributed by atoms with Crippen LogP contribution in [0.3, 0.4) is 0 Å². The highest BCUT2D eigenvalue weighted by Crippen LogP contribution is 1.98. The fourth-order valence-corrected chi connectivity index (χ4v) is 0.854. The molecule has 0 heterocycles. The van der Waals surface area contributed by atoms with E-state index in [0.29, 0.717) is 6.61 Å². The second-order valence-electron chi connectivity index (χ2n) is 2.97. The van der Waals surface area contributed by atoms with Crippen LogP contribution in [0.15, 0.2) is 0 Å². The van der Waals surface area contributed by atoms with Crippen molar-refractivity contribution in [3.63, 3.8) is 0 Å². The van der Waals surface area contributed by atoms with Gasteiger partial charge in [-0.3, -0.25) is 4.79 Å². The molecule has 0 aromatic carbocycles. The summed E-state index contributed by atoms with van der Waals surface area (Å²) in [6.07, 6.45) is 1.87. The summed E-state index contributed by atoms with van der Waals surface area (Å²) >= 11 is 0. The molecule has 4 heteroatoms. The van der Waals surface area contributed by atoms with Crippen molar-refractivity contribution in [3.05, 3.63) is 0 Å². The molecule has 0 aliphatic carbocycles. The SMILES string of the molecule is CCCCCOC(=O)C[C@@H](O)CO. The monoisotopic (exact) mass is 190 g/mol. The maximum atomic E-state index is 10.9. The summed E-state index contributed by atoms with van der Waals surface area (Å²) in [5.41, 5.74) is 0. The number of aliphatic hydroxyl groups is 2. The second kappa shape index (κ2) is 8.01. The molecule has 78 valence electrons. The third-order valence-corrected chi connectivity index (χ3v) is 1.62. The van der Waals surface area contributed by atoms with Crippen LogP contribution in [0.4, 0.5) is 0 Å². The van der Waals surface area contributed by atoms with Gasteiger partial charge in [-0.1, -0.05) is 19.8 Å². The normalized spacial score (nSPS) is 12.5. The molecule has 0 unspecified atom stereocenters. The topological polar surface area (TPSA) is 66.8 Å². The minimum absolute atomic E-state index is 0.122. The maximum Gasteiger partial charge on any atom is 0.308 e. The van der Waals surface area contributed by atoms with E-state index >= 15 is 0 Å². The van der Waals surface area contributed by atoms with Crippen LogP contribution in [-0.4, -0.2) is 35.5 Å². The summed E-state index contributed by atoms with van der Waals surface area (Å²) in [7, 11) is 0. The predicted molar refractivity (Wildman–Crippen MR) is 48.2 cm³/mol. The zero-order valence-corrected chi connectivity index (χ0v) is 8.03. The van der Waals surface area contributed by atoms with E-state index in [4.69, 9.17) is 14.9 Å². The van der Waals surface area contributed by atoms with Gasteiger partial charge in [0.05, 0.1) is 25.7 Å². The fraction of sp³-hybridized carbons (Fsp3) is 0.889. The molecule has 0 saturated carbocycles. The Bertz CT molecular complexity index is 136. The second-order valence-corrected chi connectivity index (χ2v) is 2.97. The predicted octanol–water partition coefficient (Wildman–Crippen LogP) is 0.463. The molecular formula is C9H18O4. The van der Waals surface area contributed by atoms with Crippen molar-refractivity contribution in [1.29, 1.82) is 0 Å². The van der Waals surface area contributed by atoms with Gasteiger partial charge in [-0.25, -0.2) is 0 Å². The third-order valence-electron chi connectivity index (χ3n) is 1.62. The van der Waals surface area contributed by atoms with E-state index in [0.717, 1.165) is 19.3 Å². The van der Waals surface area contributed by atoms with Crippen molar-refractivity contribution in [2.45, 2.75) is 38.7 Å². The van der Waals surface area contributed by atoms with Crippen LogP contribution in [-0.2, 0) is 9.53 Å². The highest BCUT2D eigenvalue weighted by molar-refractivity contribution is 5.69. The number of esters is 1. The van der Waals surface area contributed by atoms with Crippen LogP contribution < -0.4 is 0 Å². The lowest BCUT2D eigenvalue weighted by Gasteiger charge is -2.06. The van der Waals surface area contributed by atoms with Crippen LogP contribution in [0, 0.1) is 0 Å². The average molecular weight is 190 g/mol. The number of hydrogen-bond acceptors (Lipinski definition) is 4. The Balaban J connectivity index is 3.30. The van der Waals surface area contributed by atoms with Gasteiger partial charge < -0.3 is 14.9 Å². The van der Waals surface area contributed by atoms with Gasteiger partial charge in [-0.05, 0) is 6.42 Å². The summed E-state index contributed by atoms with van der Waals surface area (Å²) in [4.78, 5) is 10.9. The Hall–Kier alpha value is -0.610. The number of aliphatic hydroxyl groups excluding tert-OH is 2. The molecule has 0 radical (unpaired) electrons. The van der Waals surface area contributed by atoms with E-state index < -0.39 is 18.7 Å². The minimum Gasteiger partial charge on any atom is -0.466 e. The van der Waals surface area contributed by atoms with Crippen LogP contribution in [0.25, 0.3) is 0 Å². The van der Waals surface area contributed by atoms with Gasteiger partial charge in [-0.15, -0.1) is 0 Å². The van der Waals surface area contributed by atoms with E-state index in [1.54, 1.807) is 0 Å². The maximum absolute atomic E-state index is 10.9. The third kappa shape index (κ3) is 7.74. The molecule has 2 N–H and O–H groups in total. The van der Waals surface area contributed by atoms with Crippen LogP contribution in [0.1, 0.15) is 32.6 Å². The summed E-state index contributed by atoms with van der Waals surface area (Å²) < 4.78 is 4.81. The van der Waals surface area contributed by atoms with E-state index in [2.05, 4.69) is 6.92 Å². The molecule has 0 aliphatic rings. The molecule has 13 heavy (non-hydrogen) atoms. The first kappa shape index (κ1) is 12.4. The van der Waals surface area contributed by atoms with Gasteiger partial charge in [0.15, 0.2) is 0 Å². The van der Waals surface area contributed by atoms with Crippen LogP contribution in [0.5, 0.6) is 0 Å². The van der Waals surface area contributed by atoms with E-state index in [9.17, 15) is 4.79 Å². The molecule has 0 fully saturated rings. The summed E-state index contributed by atoms with van der Waals surface area (Å²) in [6.45, 7) is 2.08. The number of unbranched alkanes of at least 4 members (excludes halogenated alkanes) is 2. The van der Waals surface area contributed by atoms with Gasteiger partial charge in [0.2, 0.25) is 0 Å². The first-order valence-electron chi connectivity index (χ1n) is 4.65. The van der Waals surface area contributed by atoms with Crippen molar-refractivity contribution < 1.29 is 19.7 Å². The lowest BCUT2D eigenvalue weighted by molar-refractivity contribution is -0.146. The van der Waals surface area contributed by atoms with Gasteiger partial charge in [0.25, 0.3) is 0 Å². The largest absolute Gasteiger partial charge is 0.466 e. The molecule has 0 rings (SSSR count). The standard InChI is InChI=1S/C9H18O4/c1-2-3-4-5-13-9(12)6-8(11)7-10/h8,10-11H,2-7H2,1H3/t8-/m1/s1. The molecule has 1 atom stereocenters. The van der Waals surface area contributed by atoms with Crippen molar-refractivity contribution in [2.75, 3.05) is 13.2 Å². The van der Waals surface area contributed by atoms with Gasteiger partial charge in [0.1, 0.15) is 0 Å². The smallest absolute Gasteiger partial charge is 0.308 e. The molecule has 0 spiro atoms. The Morgan fingerprint density at radius 3 is 2.69 bits per heavy atom. The van der Waals surface area contributed by atoms with E-state index in [1.165, 1.54) is 0 Å². The Morgan fingerprint density at radius 2 is 2.15 bits per heavy atom. The van der Waals surface area contributed by atoms with Gasteiger partial charge in [-0.2, -0.15) is 0 Å². The minimum atomic E-state index is -0.987. The molecule has 0 aromatic heterocycles. The van der Waals surface area contributed by atoms with E-state index in [1.807, 2.05) is 0 Å². The van der Waals surface area contributed by atoms with Gasteiger partial charge >= 0.3 is 5.97 Å². The first-order valence-corrected chi connectivity index (χ1v) is 4.65. The molecular weight excluding hydrogens is 172 g/mol. The molecule has 0 aliphatic heterocycles. The molecule has 4 nitrogen and oxygen atoms in total. The zero-order chi connectivity index (χ0) is 10.1. The van der Waals surface area contributed by atoms with Crippen LogP contribution >= 0.6 is 0 Å². The van der Waals surface area contributed by atoms with Crippen molar-refractivity contribution in [3.8, 4) is 0 Å². The van der Waals surface area contributed by atoms with Crippen molar-refractivity contribution in [1.82, 2.24) is 0 Å². The molecule has 0 bridgehead atoms. The Labute approximate surface area is 78.5 Å². The number of carbonyl (C=O) groups excluding carboxylic acids is 1. The number of rotatable bonds is 7. The highest BCUT2D eigenvalue weighted by atomic mass is 16.5. The van der Waals surface area contributed by atoms with Crippen molar-refractivity contribution >= 4 is 5.97 Å². The Morgan fingerprint density at radius 1 is 1.46 bits per heavy atom. The fourth-order valence-electron chi connectivity index (χ4n) is 0.854. The quantitative estimate of drug-likeness (QED) is 0.452. The number of hydrogen-bond donors (Lipinski definition) is 2. The van der Waals surface area contributed by atoms with Gasteiger partial charge in [0, 0.05) is 0 Å². The summed E-state index contributed by atoms with van der Waals surface area (Å²) in [5, 5.41) is 17.3. The first-order chi connectivity index (χ1) is 6.20. The summed E-state index contributed by atoms with van der Waals surface area (Å²) in [6, 6.07) is 0. The number of carbonyl (C=O) groups is 1. The average Bonchev–Trinajstić information content (AvgIpc) is 2.12. The Kier molecular flexibility index (Phi) is 7.63.